The summed E-state index contributed by atoms with van der Waals surface area (Å²) in [6.45, 7) is 5.24. The third-order valence-corrected chi connectivity index (χ3v) is 0.755. The Kier molecular flexibility index (Phi) is 4.09. The van der Waals surface area contributed by atoms with Crippen LogP contribution in [-0.2, 0) is 0 Å². The van der Waals surface area contributed by atoms with Gasteiger partial charge in [-0.3, -0.25) is 0 Å². The monoisotopic (exact) mass is 119 g/mol. The molecule has 0 fully saturated rings. The van der Waals surface area contributed by atoms with E-state index in [2.05, 4.69) is 29.5 Å². The summed E-state index contributed by atoms with van der Waals surface area (Å²) in [4.78, 5) is 0. The number of hydrogen-bond donors (Lipinski definition) is 1. The molecule has 1 nitrogen and oxygen atoms in total. The second kappa shape index (κ2) is 4.81. The van der Waals surface area contributed by atoms with Crippen molar-refractivity contribution in [3.63, 3.8) is 0 Å². The summed E-state index contributed by atoms with van der Waals surface area (Å²) in [5, 5.41) is 0. The Bertz CT molecular complexity index is 225. The van der Waals surface area contributed by atoms with Crippen LogP contribution in [0.25, 0.3) is 0 Å². The van der Waals surface area contributed by atoms with Crippen molar-refractivity contribution < 1.29 is 0 Å². The number of allylic oxidation sites excluding steroid dienone is 1. The normalized spacial score (nSPS) is 5.89. The van der Waals surface area contributed by atoms with Crippen molar-refractivity contribution in [2.75, 3.05) is 0 Å². The summed E-state index contributed by atoms with van der Waals surface area (Å²) in [6, 6.07) is 0. The first-order valence-corrected chi connectivity index (χ1v) is 2.70. The zero-order valence-corrected chi connectivity index (χ0v) is 5.49. The standard InChI is InChI=1S/C8H9N/c1-3-5-6-7-8(9)4-2/h1,4,9H2,2H3. The van der Waals surface area contributed by atoms with Gasteiger partial charge in [-0.2, -0.15) is 0 Å². The molecule has 0 saturated heterocycles. The fraction of sp³-hybridized carbons (Fsp3) is 0.250. The van der Waals surface area contributed by atoms with Crippen LogP contribution < -0.4 is 5.73 Å². The van der Waals surface area contributed by atoms with E-state index in [1.807, 2.05) is 6.92 Å². The molecule has 0 saturated carbocycles. The van der Waals surface area contributed by atoms with E-state index in [1.54, 1.807) is 0 Å². The molecule has 9 heavy (non-hydrogen) atoms. The molecule has 0 amide bonds. The maximum Gasteiger partial charge on any atom is 0.0600 e. The molecular formula is C8H9N. The minimum absolute atomic E-state index is 0.665. The predicted octanol–water partition coefficient (Wildman–Crippen LogP) is 1.49. The molecule has 0 rings (SSSR count). The molecule has 2 N–H and O–H groups in total. The quantitative estimate of drug-likeness (QED) is 0.520. The zero-order chi connectivity index (χ0) is 7.11. The van der Waals surface area contributed by atoms with Crippen molar-refractivity contribution in [3.05, 3.63) is 35.2 Å². The fourth-order valence-corrected chi connectivity index (χ4v) is 0.244. The Morgan fingerprint density at radius 1 is 1.56 bits per heavy atom. The minimum atomic E-state index is 0.665. The zero-order valence-electron chi connectivity index (χ0n) is 5.49. The van der Waals surface area contributed by atoms with E-state index >= 15 is 0 Å². The van der Waals surface area contributed by atoms with Crippen LogP contribution in [0.1, 0.15) is 13.3 Å². The molecule has 0 aromatic heterocycles. The van der Waals surface area contributed by atoms with Gasteiger partial charge in [-0.25, -0.2) is 0 Å². The second-order valence-electron chi connectivity index (χ2n) is 1.43. The number of nitrogens with two attached hydrogens (primary N) is 1. The van der Waals surface area contributed by atoms with Crippen molar-refractivity contribution in [3.8, 4) is 0 Å². The van der Waals surface area contributed by atoms with E-state index in [-0.39, 0.29) is 0 Å². The molecule has 0 unspecified atom stereocenters. The fourth-order valence-electron chi connectivity index (χ4n) is 0.244. The van der Waals surface area contributed by atoms with Crippen LogP contribution >= 0.6 is 0 Å². The van der Waals surface area contributed by atoms with Crippen LogP contribution in [0.4, 0.5) is 0 Å². The van der Waals surface area contributed by atoms with Gasteiger partial charge in [0.05, 0.1) is 5.70 Å². The summed E-state index contributed by atoms with van der Waals surface area (Å²) >= 11 is 0. The Morgan fingerprint density at radius 2 is 2.22 bits per heavy atom. The molecule has 0 aromatic carbocycles. The van der Waals surface area contributed by atoms with Crippen LogP contribution in [0.15, 0.2) is 35.2 Å². The molecule has 0 aliphatic carbocycles. The lowest BCUT2D eigenvalue weighted by molar-refractivity contribution is 1.07. The van der Waals surface area contributed by atoms with E-state index in [0.29, 0.717) is 5.70 Å². The van der Waals surface area contributed by atoms with Gasteiger partial charge in [0.1, 0.15) is 0 Å². The maximum absolute atomic E-state index is 5.37. The van der Waals surface area contributed by atoms with E-state index in [9.17, 15) is 0 Å². The highest BCUT2D eigenvalue weighted by atomic mass is 14.5. The van der Waals surface area contributed by atoms with Gasteiger partial charge in [-0.15, -0.1) is 0 Å². The van der Waals surface area contributed by atoms with E-state index in [0.717, 1.165) is 6.42 Å². The maximum atomic E-state index is 5.37. The van der Waals surface area contributed by atoms with E-state index in [4.69, 9.17) is 5.73 Å². The van der Waals surface area contributed by atoms with E-state index < -0.39 is 0 Å². The van der Waals surface area contributed by atoms with Crippen molar-refractivity contribution >= 4 is 0 Å². The highest BCUT2D eigenvalue weighted by molar-refractivity contribution is 4.95. The van der Waals surface area contributed by atoms with Crippen molar-refractivity contribution in [1.29, 1.82) is 0 Å². The molecule has 0 aliphatic heterocycles. The largest absolute Gasteiger partial charge is 0.395 e. The molecule has 46 valence electrons. The Morgan fingerprint density at radius 3 is 2.67 bits per heavy atom. The molecule has 0 aromatic rings. The van der Waals surface area contributed by atoms with Gasteiger partial charge < -0.3 is 5.73 Å². The van der Waals surface area contributed by atoms with Gasteiger partial charge in [0.15, 0.2) is 0 Å². The molecule has 0 spiro atoms. The average molecular weight is 119 g/mol. The topological polar surface area (TPSA) is 26.0 Å². The van der Waals surface area contributed by atoms with Crippen LogP contribution in [-0.4, -0.2) is 0 Å². The third kappa shape index (κ3) is 4.51. The van der Waals surface area contributed by atoms with E-state index in [1.165, 1.54) is 0 Å². The predicted molar refractivity (Wildman–Crippen MR) is 37.7 cm³/mol. The van der Waals surface area contributed by atoms with Gasteiger partial charge in [0, 0.05) is 0 Å². The van der Waals surface area contributed by atoms with Crippen LogP contribution in [0.5, 0.6) is 0 Å². The lowest BCUT2D eigenvalue weighted by Crippen LogP contribution is -1.90. The van der Waals surface area contributed by atoms with Crippen molar-refractivity contribution in [1.82, 2.24) is 0 Å². The van der Waals surface area contributed by atoms with Crippen LogP contribution in [0.3, 0.4) is 0 Å². The molecule has 0 radical (unpaired) electrons. The average Bonchev–Trinajstić information content (AvgIpc) is 1.89. The third-order valence-electron chi connectivity index (χ3n) is 0.755. The number of hydrogen-bond acceptors (Lipinski definition) is 1. The number of rotatable bonds is 1. The highest BCUT2D eigenvalue weighted by Crippen LogP contribution is 1.83. The van der Waals surface area contributed by atoms with Crippen LogP contribution in [0, 0.1) is 0 Å². The summed E-state index contributed by atoms with van der Waals surface area (Å²) in [6.07, 6.45) is 0.784. The lowest BCUT2D eigenvalue weighted by atomic mass is 10.4. The molecule has 0 heterocycles. The Labute approximate surface area is 55.2 Å². The smallest absolute Gasteiger partial charge is 0.0600 e. The first-order valence-electron chi connectivity index (χ1n) is 2.70. The van der Waals surface area contributed by atoms with Gasteiger partial charge in [0.25, 0.3) is 0 Å². The minimum Gasteiger partial charge on any atom is -0.395 e. The molecule has 0 bridgehead atoms. The Hall–Kier alpha value is -1.34. The first-order chi connectivity index (χ1) is 4.31. The van der Waals surface area contributed by atoms with Gasteiger partial charge in [-0.05, 0) is 30.2 Å². The van der Waals surface area contributed by atoms with Gasteiger partial charge in [-0.1, -0.05) is 12.7 Å². The molecule has 0 aliphatic rings. The van der Waals surface area contributed by atoms with Crippen LogP contribution in [0.2, 0.25) is 0 Å². The summed E-state index contributed by atoms with van der Waals surface area (Å²) in [5.74, 6) is 0. The second-order valence-corrected chi connectivity index (χ2v) is 1.43. The Balaban J connectivity index is 4.64. The first kappa shape index (κ1) is 7.66. The molecular weight excluding hydrogens is 110 g/mol. The van der Waals surface area contributed by atoms with Crippen molar-refractivity contribution in [2.45, 2.75) is 13.3 Å². The van der Waals surface area contributed by atoms with Crippen molar-refractivity contribution in [2.24, 2.45) is 5.73 Å². The van der Waals surface area contributed by atoms with Gasteiger partial charge in [0.2, 0.25) is 0 Å². The molecule has 0 atom stereocenters. The SMILES string of the molecule is C=C=C=C=C=C(N)CC. The lowest BCUT2D eigenvalue weighted by Gasteiger charge is -1.81. The highest BCUT2D eigenvalue weighted by Gasteiger charge is 1.73. The summed E-state index contributed by atoms with van der Waals surface area (Å²) in [7, 11) is 0. The summed E-state index contributed by atoms with van der Waals surface area (Å²) in [5.41, 5.74) is 16.1. The molecule has 1 heteroatoms. The van der Waals surface area contributed by atoms with Gasteiger partial charge >= 0.3 is 0 Å². The summed E-state index contributed by atoms with van der Waals surface area (Å²) < 4.78 is 0.